The second-order valence-corrected chi connectivity index (χ2v) is 8.69. The van der Waals surface area contributed by atoms with E-state index in [0.29, 0.717) is 12.4 Å². The molecule has 1 aliphatic heterocycles. The van der Waals surface area contributed by atoms with Gasteiger partial charge in [0.05, 0.1) is 12.0 Å². The zero-order valence-electron chi connectivity index (χ0n) is 16.9. The van der Waals surface area contributed by atoms with Gasteiger partial charge >= 0.3 is 0 Å². The molecule has 0 saturated carbocycles. The van der Waals surface area contributed by atoms with Gasteiger partial charge in [-0.1, -0.05) is 79.4 Å². The summed E-state index contributed by atoms with van der Waals surface area (Å²) in [6.07, 6.45) is 4.51. The van der Waals surface area contributed by atoms with Crippen LogP contribution in [0.25, 0.3) is 0 Å². The molecule has 0 amide bonds. The van der Waals surface area contributed by atoms with Crippen LogP contribution in [-0.2, 0) is 17.0 Å². The molecule has 0 saturated heterocycles. The first kappa shape index (κ1) is 19.1. The number of aromatic nitrogens is 3. The smallest absolute Gasteiger partial charge is 0.227 e. The molecule has 1 aliphatic carbocycles. The number of rotatable bonds is 5. The monoisotopic (exact) mass is 416 g/mol. The van der Waals surface area contributed by atoms with Crippen molar-refractivity contribution >= 4 is 23.5 Å². The lowest BCUT2D eigenvalue weighted by atomic mass is 9.80. The maximum Gasteiger partial charge on any atom is 0.227 e. The minimum Gasteiger partial charge on any atom is -0.328 e. The molecule has 2 heterocycles. The second kappa shape index (κ2) is 8.11. The number of hydrogen-bond acceptors (Lipinski definition) is 5. The number of allylic oxidation sites excluding steroid dienone is 2. The van der Waals surface area contributed by atoms with E-state index < -0.39 is 0 Å². The fraction of sp³-hybridized carbons (Fsp3) is 0.292. The third-order valence-electron chi connectivity index (χ3n) is 5.82. The quantitative estimate of drug-likeness (QED) is 0.593. The van der Waals surface area contributed by atoms with Gasteiger partial charge in [-0.05, 0) is 29.5 Å². The highest BCUT2D eigenvalue weighted by molar-refractivity contribution is 7.98. The number of benzene rings is 2. The Hall–Kier alpha value is -2.86. The van der Waals surface area contributed by atoms with Crippen molar-refractivity contribution in [1.29, 1.82) is 0 Å². The van der Waals surface area contributed by atoms with E-state index in [1.165, 1.54) is 11.1 Å². The van der Waals surface area contributed by atoms with E-state index in [-0.39, 0.29) is 17.7 Å². The summed E-state index contributed by atoms with van der Waals surface area (Å²) >= 11 is 1.62. The third-order valence-corrected chi connectivity index (χ3v) is 6.73. The Kier molecular flexibility index (Phi) is 5.17. The Morgan fingerprint density at radius 1 is 1.10 bits per heavy atom. The Labute approximate surface area is 180 Å². The molecule has 5 nitrogen and oxygen atoms in total. The van der Waals surface area contributed by atoms with Crippen molar-refractivity contribution in [1.82, 2.24) is 14.8 Å². The summed E-state index contributed by atoms with van der Waals surface area (Å²) < 4.78 is 1.92. The highest BCUT2D eigenvalue weighted by Crippen LogP contribution is 2.42. The minimum atomic E-state index is -0.229. The number of nitrogens with zero attached hydrogens (tertiary/aromatic N) is 3. The maximum atomic E-state index is 12.9. The Morgan fingerprint density at radius 2 is 1.90 bits per heavy atom. The van der Waals surface area contributed by atoms with Crippen molar-refractivity contribution in [3.8, 4) is 0 Å². The fourth-order valence-corrected chi connectivity index (χ4v) is 5.01. The van der Waals surface area contributed by atoms with Crippen LogP contribution in [-0.4, -0.2) is 20.5 Å². The van der Waals surface area contributed by atoms with Crippen LogP contribution in [0.4, 0.5) is 5.95 Å². The van der Waals surface area contributed by atoms with Crippen LogP contribution < -0.4 is 5.32 Å². The van der Waals surface area contributed by atoms with Crippen LogP contribution in [0.15, 0.2) is 71.5 Å². The van der Waals surface area contributed by atoms with Gasteiger partial charge in [0.2, 0.25) is 11.1 Å². The van der Waals surface area contributed by atoms with Crippen molar-refractivity contribution in [2.45, 2.75) is 43.1 Å². The molecular weight excluding hydrogens is 392 g/mol. The number of nitrogens with one attached hydrogen (secondary N) is 1. The topological polar surface area (TPSA) is 59.8 Å². The van der Waals surface area contributed by atoms with E-state index in [0.717, 1.165) is 35.0 Å². The molecule has 5 rings (SSSR count). The number of hydrogen-bond donors (Lipinski definition) is 1. The Bertz CT molecular complexity index is 1090. The van der Waals surface area contributed by atoms with Crippen molar-refractivity contribution in [2.75, 3.05) is 5.32 Å². The minimum absolute atomic E-state index is 0.162. The predicted molar refractivity (Wildman–Crippen MR) is 119 cm³/mol. The van der Waals surface area contributed by atoms with Gasteiger partial charge in [-0.3, -0.25) is 4.79 Å². The molecule has 3 aromatic rings. The first-order chi connectivity index (χ1) is 14.7. The van der Waals surface area contributed by atoms with E-state index in [9.17, 15) is 4.79 Å². The molecule has 2 atom stereocenters. The number of carbonyl (C=O) groups excluding carboxylic acids is 1. The van der Waals surface area contributed by atoms with Gasteiger partial charge in [0.15, 0.2) is 0 Å². The molecule has 0 unspecified atom stereocenters. The summed E-state index contributed by atoms with van der Waals surface area (Å²) in [6, 6.07) is 18.7. The lowest BCUT2D eigenvalue weighted by Gasteiger charge is -2.36. The molecule has 0 bridgehead atoms. The highest BCUT2D eigenvalue weighted by Gasteiger charge is 2.41. The fourth-order valence-electron chi connectivity index (χ4n) is 4.22. The summed E-state index contributed by atoms with van der Waals surface area (Å²) in [4.78, 5) is 17.7. The van der Waals surface area contributed by atoms with Gasteiger partial charge in [0.1, 0.15) is 5.78 Å². The van der Waals surface area contributed by atoms with E-state index in [4.69, 9.17) is 10.1 Å². The van der Waals surface area contributed by atoms with Gasteiger partial charge < -0.3 is 5.32 Å². The average Bonchev–Trinajstić information content (AvgIpc) is 3.20. The zero-order chi connectivity index (χ0) is 20.5. The number of anilines is 1. The molecule has 2 aliphatic rings. The number of Topliss-reactive ketones (excluding diaryl/α,β-unsaturated/α-hetero) is 1. The number of thioether (sulfide) groups is 1. The molecular formula is C24H24N4OS. The van der Waals surface area contributed by atoms with E-state index in [1.54, 1.807) is 11.8 Å². The van der Waals surface area contributed by atoms with Gasteiger partial charge in [-0.15, -0.1) is 5.10 Å². The first-order valence-electron chi connectivity index (χ1n) is 10.4. The van der Waals surface area contributed by atoms with Crippen LogP contribution >= 0.6 is 11.8 Å². The molecule has 0 fully saturated rings. The second-order valence-electron chi connectivity index (χ2n) is 7.74. The summed E-state index contributed by atoms with van der Waals surface area (Å²) in [5.41, 5.74) is 4.60. The highest BCUT2D eigenvalue weighted by atomic mass is 32.2. The molecule has 0 radical (unpaired) electrons. The van der Waals surface area contributed by atoms with Crippen molar-refractivity contribution in [3.05, 3.63) is 83.1 Å². The van der Waals surface area contributed by atoms with Gasteiger partial charge in [-0.2, -0.15) is 4.98 Å². The molecule has 0 spiro atoms. The summed E-state index contributed by atoms with van der Waals surface area (Å²) in [7, 11) is 0. The zero-order valence-corrected chi connectivity index (χ0v) is 17.7. The molecule has 6 heteroatoms. The Morgan fingerprint density at radius 3 is 2.67 bits per heavy atom. The van der Waals surface area contributed by atoms with Gasteiger partial charge in [0.25, 0.3) is 0 Å². The third kappa shape index (κ3) is 3.56. The average molecular weight is 417 g/mol. The largest absolute Gasteiger partial charge is 0.328 e. The van der Waals surface area contributed by atoms with Crippen molar-refractivity contribution in [3.63, 3.8) is 0 Å². The molecule has 1 N–H and O–H groups in total. The van der Waals surface area contributed by atoms with E-state index >= 15 is 0 Å². The standard InChI is InChI=1S/C24H24N4OS/c1-2-16-11-13-18(14-12-16)22-21-19(9-6-10-20(21)29)25-23-26-24(27-28(22)23)30-15-17-7-4-3-5-8-17/h3-5,7-9,11-14,21-22H,2,6,10,15H2,1H3,(H,25,26,27)/t21-,22-/m0/s1. The lowest BCUT2D eigenvalue weighted by molar-refractivity contribution is -0.123. The summed E-state index contributed by atoms with van der Waals surface area (Å²) in [5, 5.41) is 8.93. The Balaban J connectivity index is 1.51. The summed E-state index contributed by atoms with van der Waals surface area (Å²) in [6.45, 7) is 2.15. The van der Waals surface area contributed by atoms with Gasteiger partial charge in [0, 0.05) is 17.9 Å². The van der Waals surface area contributed by atoms with Crippen molar-refractivity contribution < 1.29 is 4.79 Å². The van der Waals surface area contributed by atoms with Crippen LogP contribution in [0.1, 0.15) is 42.5 Å². The number of ketones is 1. The van der Waals surface area contributed by atoms with Crippen LogP contribution in [0, 0.1) is 5.92 Å². The SMILES string of the molecule is CCc1ccc([C@H]2[C@@H]3C(=O)CCC=C3Nc3nc(SCc4ccccc4)nn32)cc1. The molecule has 152 valence electrons. The van der Waals surface area contributed by atoms with Crippen molar-refractivity contribution in [2.24, 2.45) is 5.92 Å². The number of carbonyl (C=O) groups is 1. The van der Waals surface area contributed by atoms with Gasteiger partial charge in [-0.25, -0.2) is 4.68 Å². The predicted octanol–water partition coefficient (Wildman–Crippen LogP) is 5.01. The molecule has 30 heavy (non-hydrogen) atoms. The molecule has 2 aromatic carbocycles. The lowest BCUT2D eigenvalue weighted by Crippen LogP contribution is -2.38. The van der Waals surface area contributed by atoms with E-state index in [1.807, 2.05) is 22.9 Å². The first-order valence-corrected chi connectivity index (χ1v) is 11.4. The normalized spacial score (nSPS) is 20.2. The number of aryl methyl sites for hydroxylation is 1. The summed E-state index contributed by atoms with van der Waals surface area (Å²) in [5.74, 6) is 1.56. The van der Waals surface area contributed by atoms with Crippen LogP contribution in [0.3, 0.4) is 0 Å². The maximum absolute atomic E-state index is 12.9. The van der Waals surface area contributed by atoms with E-state index in [2.05, 4.69) is 54.7 Å². The number of fused-ring (bicyclic) bond motifs is 2. The molecule has 1 aromatic heterocycles. The van der Waals surface area contributed by atoms with Crippen LogP contribution in [0.5, 0.6) is 0 Å². The van der Waals surface area contributed by atoms with Crippen LogP contribution in [0.2, 0.25) is 0 Å².